The average molecular weight is 404 g/mol. The second-order valence-corrected chi connectivity index (χ2v) is 6.96. The summed E-state index contributed by atoms with van der Waals surface area (Å²) in [5, 5.41) is 2.81. The number of carbonyl (C=O) groups excluding carboxylic acids is 1. The largest absolute Gasteiger partial charge is 0.454 e. The van der Waals surface area contributed by atoms with Gasteiger partial charge in [-0.1, -0.05) is 6.07 Å². The molecule has 0 saturated carbocycles. The van der Waals surface area contributed by atoms with Crippen molar-refractivity contribution >= 4 is 23.4 Å². The van der Waals surface area contributed by atoms with E-state index in [0.29, 0.717) is 28.7 Å². The van der Waals surface area contributed by atoms with Crippen LogP contribution in [-0.4, -0.2) is 53.8 Å². The SMILES string of the molecule is O=C(Nc1cnc(N2CCN(c3ccccn3)CC2)nc1)c1ccc2c(c1)OCO2. The van der Waals surface area contributed by atoms with Crippen molar-refractivity contribution in [2.75, 3.05) is 48.1 Å². The minimum Gasteiger partial charge on any atom is -0.454 e. The van der Waals surface area contributed by atoms with Gasteiger partial charge in [0.05, 0.1) is 18.1 Å². The number of hydrogen-bond donors (Lipinski definition) is 1. The predicted molar refractivity (Wildman–Crippen MR) is 111 cm³/mol. The van der Waals surface area contributed by atoms with Crippen LogP contribution < -0.4 is 24.6 Å². The van der Waals surface area contributed by atoms with E-state index in [0.717, 1.165) is 32.0 Å². The maximum Gasteiger partial charge on any atom is 0.255 e. The van der Waals surface area contributed by atoms with E-state index in [-0.39, 0.29) is 12.7 Å². The number of pyridine rings is 1. The van der Waals surface area contributed by atoms with Crippen LogP contribution in [0.3, 0.4) is 0 Å². The highest BCUT2D eigenvalue weighted by Gasteiger charge is 2.20. The van der Waals surface area contributed by atoms with Gasteiger partial charge in [0, 0.05) is 37.9 Å². The van der Waals surface area contributed by atoms with Gasteiger partial charge in [0.25, 0.3) is 5.91 Å². The lowest BCUT2D eigenvalue weighted by Gasteiger charge is -2.35. The molecule has 1 N–H and O–H groups in total. The molecule has 0 atom stereocenters. The monoisotopic (exact) mass is 404 g/mol. The fourth-order valence-corrected chi connectivity index (χ4v) is 3.47. The van der Waals surface area contributed by atoms with Crippen molar-refractivity contribution in [3.8, 4) is 11.5 Å². The number of nitrogens with one attached hydrogen (secondary N) is 1. The van der Waals surface area contributed by atoms with Crippen LogP contribution in [-0.2, 0) is 0 Å². The molecule has 0 unspecified atom stereocenters. The van der Waals surface area contributed by atoms with Crippen molar-refractivity contribution in [1.82, 2.24) is 15.0 Å². The highest BCUT2D eigenvalue weighted by Crippen LogP contribution is 2.32. The highest BCUT2D eigenvalue weighted by atomic mass is 16.7. The maximum absolute atomic E-state index is 12.5. The van der Waals surface area contributed by atoms with Gasteiger partial charge in [0.2, 0.25) is 12.7 Å². The van der Waals surface area contributed by atoms with E-state index in [4.69, 9.17) is 9.47 Å². The number of ether oxygens (including phenoxy) is 2. The number of piperazine rings is 1. The second-order valence-electron chi connectivity index (χ2n) is 6.96. The minimum atomic E-state index is -0.256. The van der Waals surface area contributed by atoms with Crippen LogP contribution in [0.1, 0.15) is 10.4 Å². The maximum atomic E-state index is 12.5. The van der Waals surface area contributed by atoms with Gasteiger partial charge in [-0.3, -0.25) is 4.79 Å². The first-order valence-electron chi connectivity index (χ1n) is 9.70. The summed E-state index contributed by atoms with van der Waals surface area (Å²) in [5.74, 6) is 2.59. The normalized spacial score (nSPS) is 15.2. The summed E-state index contributed by atoms with van der Waals surface area (Å²) in [6.45, 7) is 3.48. The molecule has 5 rings (SSSR count). The zero-order valence-corrected chi connectivity index (χ0v) is 16.2. The first-order chi connectivity index (χ1) is 14.8. The van der Waals surface area contributed by atoms with Crippen molar-refractivity contribution in [2.45, 2.75) is 0 Å². The summed E-state index contributed by atoms with van der Waals surface area (Å²) < 4.78 is 10.6. The van der Waals surface area contributed by atoms with Crippen LogP contribution in [0.5, 0.6) is 11.5 Å². The second kappa shape index (κ2) is 7.86. The molecule has 9 nitrogen and oxygen atoms in total. The number of rotatable bonds is 4. The molecule has 4 heterocycles. The van der Waals surface area contributed by atoms with Gasteiger partial charge < -0.3 is 24.6 Å². The lowest BCUT2D eigenvalue weighted by Crippen LogP contribution is -2.47. The van der Waals surface area contributed by atoms with Gasteiger partial charge in [-0.25, -0.2) is 15.0 Å². The number of amides is 1. The van der Waals surface area contributed by atoms with Crippen molar-refractivity contribution in [3.63, 3.8) is 0 Å². The molecule has 2 aliphatic heterocycles. The highest BCUT2D eigenvalue weighted by molar-refractivity contribution is 6.04. The van der Waals surface area contributed by atoms with Crippen molar-refractivity contribution in [1.29, 1.82) is 0 Å². The van der Waals surface area contributed by atoms with Gasteiger partial charge in [-0.15, -0.1) is 0 Å². The van der Waals surface area contributed by atoms with Crippen molar-refractivity contribution in [2.24, 2.45) is 0 Å². The third-order valence-corrected chi connectivity index (χ3v) is 5.07. The van der Waals surface area contributed by atoms with E-state index >= 15 is 0 Å². The summed E-state index contributed by atoms with van der Waals surface area (Å²) in [5.41, 5.74) is 1.02. The first kappa shape index (κ1) is 18.2. The van der Waals surface area contributed by atoms with E-state index in [1.54, 1.807) is 36.8 Å². The van der Waals surface area contributed by atoms with Crippen LogP contribution in [0.15, 0.2) is 55.0 Å². The van der Waals surface area contributed by atoms with Gasteiger partial charge in [-0.2, -0.15) is 0 Å². The molecule has 3 aromatic rings. The van der Waals surface area contributed by atoms with Crippen molar-refractivity contribution < 1.29 is 14.3 Å². The van der Waals surface area contributed by atoms with Crippen LogP contribution in [0.2, 0.25) is 0 Å². The fraction of sp³-hybridized carbons (Fsp3) is 0.238. The summed E-state index contributed by atoms with van der Waals surface area (Å²) >= 11 is 0. The summed E-state index contributed by atoms with van der Waals surface area (Å²) in [7, 11) is 0. The first-order valence-corrected chi connectivity index (χ1v) is 9.70. The number of nitrogens with zero attached hydrogens (tertiary/aromatic N) is 5. The fourth-order valence-electron chi connectivity index (χ4n) is 3.47. The summed E-state index contributed by atoms with van der Waals surface area (Å²) in [6, 6.07) is 11.0. The zero-order chi connectivity index (χ0) is 20.3. The molecule has 0 aliphatic carbocycles. The Hall–Kier alpha value is -3.88. The molecule has 1 saturated heterocycles. The van der Waals surface area contributed by atoms with E-state index in [1.165, 1.54) is 0 Å². The number of benzene rings is 1. The van der Waals surface area contributed by atoms with E-state index in [2.05, 4.69) is 30.1 Å². The van der Waals surface area contributed by atoms with Crippen LogP contribution in [0.25, 0.3) is 0 Å². The summed E-state index contributed by atoms with van der Waals surface area (Å²) in [4.78, 5) is 30.1. The molecule has 2 aromatic heterocycles. The van der Waals surface area contributed by atoms with Gasteiger partial charge in [-0.05, 0) is 30.3 Å². The summed E-state index contributed by atoms with van der Waals surface area (Å²) in [6.07, 6.45) is 5.05. The molecule has 0 radical (unpaired) electrons. The van der Waals surface area contributed by atoms with Crippen LogP contribution in [0, 0.1) is 0 Å². The van der Waals surface area contributed by atoms with Gasteiger partial charge in [0.1, 0.15) is 5.82 Å². The number of hydrogen-bond acceptors (Lipinski definition) is 8. The van der Waals surface area contributed by atoms with E-state index in [9.17, 15) is 4.79 Å². The molecule has 1 fully saturated rings. The third kappa shape index (κ3) is 3.69. The molecule has 2 aliphatic rings. The Labute approximate surface area is 173 Å². The Morgan fingerprint density at radius 3 is 2.43 bits per heavy atom. The molecule has 1 amide bonds. The van der Waals surface area contributed by atoms with Gasteiger partial charge >= 0.3 is 0 Å². The lowest BCUT2D eigenvalue weighted by atomic mass is 10.2. The molecular formula is C21H20N6O3. The van der Waals surface area contributed by atoms with Crippen molar-refractivity contribution in [3.05, 3.63) is 60.6 Å². The third-order valence-electron chi connectivity index (χ3n) is 5.07. The lowest BCUT2D eigenvalue weighted by molar-refractivity contribution is 0.102. The Morgan fingerprint density at radius 1 is 0.900 bits per heavy atom. The Kier molecular flexibility index (Phi) is 4.76. The van der Waals surface area contributed by atoms with Crippen LogP contribution in [0.4, 0.5) is 17.5 Å². The predicted octanol–water partition coefficient (Wildman–Crippen LogP) is 2.18. The number of aromatic nitrogens is 3. The minimum absolute atomic E-state index is 0.172. The van der Waals surface area contributed by atoms with Crippen LogP contribution >= 0.6 is 0 Å². The molecule has 0 spiro atoms. The molecule has 0 bridgehead atoms. The topological polar surface area (TPSA) is 92.7 Å². The number of anilines is 3. The van der Waals surface area contributed by atoms with Gasteiger partial charge in [0.15, 0.2) is 11.5 Å². The standard InChI is InChI=1S/C21H20N6O3/c28-20(15-4-5-17-18(11-15)30-14-29-17)25-16-12-23-21(24-13-16)27-9-7-26(8-10-27)19-3-1-2-6-22-19/h1-6,11-13H,7-10,14H2,(H,25,28). The molecule has 1 aromatic carbocycles. The zero-order valence-electron chi connectivity index (χ0n) is 16.2. The average Bonchev–Trinajstić information content (AvgIpc) is 3.28. The Balaban J connectivity index is 1.19. The number of fused-ring (bicyclic) bond motifs is 1. The molecule has 30 heavy (non-hydrogen) atoms. The molecule has 152 valence electrons. The Morgan fingerprint density at radius 2 is 1.67 bits per heavy atom. The molecule has 9 heteroatoms. The smallest absolute Gasteiger partial charge is 0.255 e. The quantitative estimate of drug-likeness (QED) is 0.707. The Bertz CT molecular complexity index is 1040. The number of carbonyl (C=O) groups is 1. The van der Waals surface area contributed by atoms with E-state index in [1.807, 2.05) is 18.2 Å². The van der Waals surface area contributed by atoms with E-state index < -0.39 is 0 Å². The molecular weight excluding hydrogens is 384 g/mol.